The number of benzene rings is 8. The van der Waals surface area contributed by atoms with Crippen LogP contribution >= 0.6 is 0 Å². The first kappa shape index (κ1) is 33.9. The molecule has 2 nitrogen and oxygen atoms in total. The molecule has 0 saturated heterocycles. The molecule has 0 fully saturated rings. The number of nitrogens with zero attached hydrogens (tertiary/aromatic N) is 1. The highest BCUT2D eigenvalue weighted by atomic mass is 16.3. The van der Waals surface area contributed by atoms with Crippen molar-refractivity contribution in [3.63, 3.8) is 0 Å². The molecule has 1 aliphatic carbocycles. The smallest absolute Gasteiger partial charge is 0.143 e. The summed E-state index contributed by atoms with van der Waals surface area (Å²) in [7, 11) is 0. The van der Waals surface area contributed by atoms with E-state index in [0.29, 0.717) is 0 Å². The molecular weight excluding hydrogens is 679 g/mol. The van der Waals surface area contributed by atoms with Crippen LogP contribution < -0.4 is 4.90 Å². The van der Waals surface area contributed by atoms with Crippen LogP contribution in [0.4, 0.5) is 17.1 Å². The Kier molecular flexibility index (Phi) is 7.87. The van der Waals surface area contributed by atoms with Crippen LogP contribution in [0.3, 0.4) is 0 Å². The van der Waals surface area contributed by atoms with E-state index in [4.69, 9.17) is 4.42 Å². The Balaban J connectivity index is 1.18. The van der Waals surface area contributed by atoms with Gasteiger partial charge in [-0.25, -0.2) is 0 Å². The van der Waals surface area contributed by atoms with Crippen LogP contribution in [0.25, 0.3) is 44.2 Å². The summed E-state index contributed by atoms with van der Waals surface area (Å²) in [5.41, 5.74) is 16.9. The Morgan fingerprint density at radius 1 is 0.482 bits per heavy atom. The molecule has 1 aromatic heterocycles. The third kappa shape index (κ3) is 5.32. The number of anilines is 3. The zero-order chi connectivity index (χ0) is 38.0. The van der Waals surface area contributed by atoms with Gasteiger partial charge >= 0.3 is 0 Å². The summed E-state index contributed by atoms with van der Waals surface area (Å²) in [4.78, 5) is 2.36. The highest BCUT2D eigenvalue weighted by Crippen LogP contribution is 2.58. The molecule has 270 valence electrons. The molecular formula is C54H43NO. The van der Waals surface area contributed by atoms with Crippen LogP contribution in [0.15, 0.2) is 192 Å². The second-order valence-electron chi connectivity index (χ2n) is 16.2. The van der Waals surface area contributed by atoms with Gasteiger partial charge in [-0.3, -0.25) is 0 Å². The van der Waals surface area contributed by atoms with Gasteiger partial charge in [0.05, 0.1) is 5.41 Å². The highest BCUT2D eigenvalue weighted by molar-refractivity contribution is 6.13. The van der Waals surface area contributed by atoms with Gasteiger partial charge in [0.25, 0.3) is 0 Å². The van der Waals surface area contributed by atoms with Crippen molar-refractivity contribution in [3.8, 4) is 22.3 Å². The SMILES string of the molecule is Cc1cccc(-c2cccc(N(c3ccc(C(C)(C)C)cc3)c3ccc4c(c3)oc3c5c(ccc34)C(c3ccccc3)(c3ccccc3)c3ccccc3-5)c2)c1. The minimum absolute atomic E-state index is 0.0547. The third-order valence-electron chi connectivity index (χ3n) is 11.7. The van der Waals surface area contributed by atoms with Crippen molar-refractivity contribution in [2.45, 2.75) is 38.5 Å². The maximum atomic E-state index is 7.12. The summed E-state index contributed by atoms with van der Waals surface area (Å²) in [6.45, 7) is 8.94. The van der Waals surface area contributed by atoms with E-state index >= 15 is 0 Å². The fourth-order valence-electron chi connectivity index (χ4n) is 9.09. The Morgan fingerprint density at radius 3 is 1.79 bits per heavy atom. The predicted octanol–water partition coefficient (Wildman–Crippen LogP) is 14.7. The van der Waals surface area contributed by atoms with Crippen LogP contribution in [0, 0.1) is 6.92 Å². The normalized spacial score (nSPS) is 13.1. The minimum Gasteiger partial charge on any atom is -0.455 e. The van der Waals surface area contributed by atoms with E-state index < -0.39 is 5.41 Å². The zero-order valence-corrected chi connectivity index (χ0v) is 32.3. The summed E-state index contributed by atoms with van der Waals surface area (Å²) >= 11 is 0. The van der Waals surface area contributed by atoms with E-state index in [1.54, 1.807) is 0 Å². The largest absolute Gasteiger partial charge is 0.455 e. The third-order valence-corrected chi connectivity index (χ3v) is 11.7. The van der Waals surface area contributed by atoms with E-state index in [-0.39, 0.29) is 5.41 Å². The molecule has 2 heteroatoms. The fraction of sp³-hybridized carbons (Fsp3) is 0.111. The van der Waals surface area contributed by atoms with Crippen LogP contribution in [0.1, 0.15) is 54.2 Å². The second kappa shape index (κ2) is 13.0. The lowest BCUT2D eigenvalue weighted by atomic mass is 9.68. The highest BCUT2D eigenvalue weighted by Gasteiger charge is 2.47. The van der Waals surface area contributed by atoms with Crippen molar-refractivity contribution in [2.75, 3.05) is 4.90 Å². The molecule has 8 aromatic carbocycles. The number of hydrogen-bond donors (Lipinski definition) is 0. The van der Waals surface area contributed by atoms with Crippen LogP contribution in [0.2, 0.25) is 0 Å². The van der Waals surface area contributed by atoms with E-state index in [1.165, 1.54) is 55.6 Å². The van der Waals surface area contributed by atoms with Crippen LogP contribution in [-0.4, -0.2) is 0 Å². The molecule has 1 heterocycles. The van der Waals surface area contributed by atoms with Crippen molar-refractivity contribution in [1.29, 1.82) is 0 Å². The maximum absolute atomic E-state index is 7.12. The van der Waals surface area contributed by atoms with Gasteiger partial charge in [-0.1, -0.05) is 172 Å². The average molecular weight is 722 g/mol. The van der Waals surface area contributed by atoms with Crippen molar-refractivity contribution >= 4 is 39.0 Å². The number of aryl methyl sites for hydroxylation is 1. The molecule has 56 heavy (non-hydrogen) atoms. The molecule has 0 bridgehead atoms. The Morgan fingerprint density at radius 2 is 1.09 bits per heavy atom. The molecule has 10 rings (SSSR count). The summed E-state index contributed by atoms with van der Waals surface area (Å²) in [5.74, 6) is 0. The van der Waals surface area contributed by atoms with Gasteiger partial charge in [-0.15, -0.1) is 0 Å². The van der Waals surface area contributed by atoms with Gasteiger partial charge in [0.2, 0.25) is 0 Å². The van der Waals surface area contributed by atoms with E-state index in [9.17, 15) is 0 Å². The lowest BCUT2D eigenvalue weighted by molar-refractivity contribution is 0.590. The van der Waals surface area contributed by atoms with Gasteiger partial charge in [0.1, 0.15) is 11.2 Å². The number of rotatable bonds is 6. The minimum atomic E-state index is -0.481. The van der Waals surface area contributed by atoms with Gasteiger partial charge in [-0.05, 0) is 93.2 Å². The molecule has 0 amide bonds. The number of hydrogen-bond acceptors (Lipinski definition) is 2. The lowest BCUT2D eigenvalue weighted by Crippen LogP contribution is -2.28. The maximum Gasteiger partial charge on any atom is 0.143 e. The van der Waals surface area contributed by atoms with Gasteiger partial charge in [0.15, 0.2) is 0 Å². The van der Waals surface area contributed by atoms with Gasteiger partial charge in [0, 0.05) is 39.5 Å². The van der Waals surface area contributed by atoms with E-state index in [1.807, 2.05) is 0 Å². The molecule has 0 unspecified atom stereocenters. The lowest BCUT2D eigenvalue weighted by Gasteiger charge is -2.33. The Bertz CT molecular complexity index is 2850. The van der Waals surface area contributed by atoms with Crippen LogP contribution in [0.5, 0.6) is 0 Å². The first-order valence-corrected chi connectivity index (χ1v) is 19.6. The molecule has 0 N–H and O–H groups in total. The summed E-state index contributed by atoms with van der Waals surface area (Å²) in [5, 5.41) is 2.23. The molecule has 0 spiro atoms. The number of fused-ring (bicyclic) bond motifs is 7. The molecule has 0 aliphatic heterocycles. The quantitative estimate of drug-likeness (QED) is 0.170. The first-order chi connectivity index (χ1) is 27.3. The Hall–Kier alpha value is -6.64. The topological polar surface area (TPSA) is 16.4 Å². The first-order valence-electron chi connectivity index (χ1n) is 19.6. The molecule has 0 saturated carbocycles. The van der Waals surface area contributed by atoms with Crippen molar-refractivity contribution < 1.29 is 4.42 Å². The second-order valence-corrected chi connectivity index (χ2v) is 16.2. The average Bonchev–Trinajstić information content (AvgIpc) is 3.75. The molecule has 0 atom stereocenters. The summed E-state index contributed by atoms with van der Waals surface area (Å²) in [6.07, 6.45) is 0. The van der Waals surface area contributed by atoms with Crippen molar-refractivity contribution in [3.05, 3.63) is 221 Å². The summed E-state index contributed by atoms with van der Waals surface area (Å²) < 4.78 is 7.12. The van der Waals surface area contributed by atoms with Crippen molar-refractivity contribution in [1.82, 2.24) is 0 Å². The van der Waals surface area contributed by atoms with Crippen molar-refractivity contribution in [2.24, 2.45) is 0 Å². The molecule has 1 aliphatic rings. The van der Waals surface area contributed by atoms with Gasteiger partial charge < -0.3 is 9.32 Å². The number of furan rings is 1. The fourth-order valence-corrected chi connectivity index (χ4v) is 9.09. The summed E-state index contributed by atoms with van der Waals surface area (Å²) in [6, 6.07) is 68.7. The Labute approximate surface area is 329 Å². The molecule has 9 aromatic rings. The van der Waals surface area contributed by atoms with Crippen LogP contribution in [-0.2, 0) is 10.8 Å². The van der Waals surface area contributed by atoms with Gasteiger partial charge in [-0.2, -0.15) is 0 Å². The van der Waals surface area contributed by atoms with E-state index in [2.05, 4.69) is 221 Å². The van der Waals surface area contributed by atoms with E-state index in [0.717, 1.165) is 39.0 Å². The monoisotopic (exact) mass is 721 g/mol. The molecule has 0 radical (unpaired) electrons. The standard InChI is InChI=1S/C54H43NO/c1-36-15-13-16-37(33-36)38-17-14-22-43(34-38)55(42-27-25-39(26-28-42)53(2,3)4)44-29-30-45-46-31-32-49-51(52(46)56-50(45)35-44)47-23-11-12-24-48(47)54(49,40-18-7-5-8-19-40)41-20-9-6-10-21-41/h5-35H,1-4H3. The predicted molar refractivity (Wildman–Crippen MR) is 235 cm³/mol. The zero-order valence-electron chi connectivity index (χ0n) is 32.3.